The number of nitrogens with one attached hydrogen (secondary N) is 2. The number of rotatable bonds is 7. The molecule has 0 bridgehead atoms. The average molecular weight is 419 g/mol. The van der Waals surface area contributed by atoms with Crippen LogP contribution >= 0.6 is 0 Å². The number of aliphatic imine (C=N–C) groups is 1. The highest BCUT2D eigenvalue weighted by atomic mass is 16.6. The molecule has 1 aliphatic rings. The normalized spacial score (nSPS) is 15.8. The topological polar surface area (TPSA) is 75.2 Å². The lowest BCUT2D eigenvalue weighted by molar-refractivity contribution is -0.0149. The Morgan fingerprint density at radius 1 is 1.20 bits per heavy atom. The maximum atomic E-state index is 11.9. The zero-order chi connectivity index (χ0) is 22.0. The van der Waals surface area contributed by atoms with Crippen LogP contribution in [-0.2, 0) is 22.6 Å². The Morgan fingerprint density at radius 2 is 1.90 bits per heavy atom. The molecule has 30 heavy (non-hydrogen) atoms. The zero-order valence-electron chi connectivity index (χ0n) is 19.2. The number of nitrogens with zero attached hydrogens (tertiary/aromatic N) is 2. The first-order valence-electron chi connectivity index (χ1n) is 11.0. The first-order valence-corrected chi connectivity index (χ1v) is 11.0. The summed E-state index contributed by atoms with van der Waals surface area (Å²) < 4.78 is 11.0. The summed E-state index contributed by atoms with van der Waals surface area (Å²) >= 11 is 0. The number of benzene rings is 1. The van der Waals surface area contributed by atoms with Crippen LogP contribution in [0.5, 0.6) is 0 Å². The van der Waals surface area contributed by atoms with Gasteiger partial charge in [0.1, 0.15) is 0 Å². The second-order valence-electron chi connectivity index (χ2n) is 8.52. The van der Waals surface area contributed by atoms with Crippen LogP contribution in [0.1, 0.15) is 58.6 Å². The van der Waals surface area contributed by atoms with Crippen LogP contribution in [0.3, 0.4) is 0 Å². The molecule has 0 spiro atoms. The monoisotopic (exact) mass is 418 g/mol. The van der Waals surface area contributed by atoms with Crippen LogP contribution in [0.25, 0.3) is 0 Å². The smallest absolute Gasteiger partial charge is 0.409 e. The highest BCUT2D eigenvalue weighted by Gasteiger charge is 2.24. The van der Waals surface area contributed by atoms with Crippen LogP contribution in [0.4, 0.5) is 4.79 Å². The lowest BCUT2D eigenvalue weighted by Gasteiger charge is -2.32. The van der Waals surface area contributed by atoms with Crippen molar-refractivity contribution in [2.75, 3.05) is 26.2 Å². The Labute approximate surface area is 181 Å². The minimum absolute atomic E-state index is 0.154. The van der Waals surface area contributed by atoms with Gasteiger partial charge in [0.05, 0.1) is 25.4 Å². The van der Waals surface area contributed by atoms with Gasteiger partial charge in [0.25, 0.3) is 0 Å². The number of carbonyl (C=O) groups is 1. The number of likely N-dealkylation sites (tertiary alicyclic amines) is 1. The van der Waals surface area contributed by atoms with Crippen molar-refractivity contribution in [2.45, 2.75) is 72.3 Å². The quantitative estimate of drug-likeness (QED) is 0.522. The van der Waals surface area contributed by atoms with Gasteiger partial charge in [0.2, 0.25) is 0 Å². The Balaban J connectivity index is 1.90. The van der Waals surface area contributed by atoms with E-state index in [0.29, 0.717) is 38.9 Å². The molecule has 0 radical (unpaired) electrons. The molecule has 1 saturated heterocycles. The van der Waals surface area contributed by atoms with Crippen molar-refractivity contribution in [1.82, 2.24) is 15.5 Å². The van der Waals surface area contributed by atoms with Crippen molar-refractivity contribution in [3.8, 4) is 0 Å². The molecule has 0 unspecified atom stereocenters. The van der Waals surface area contributed by atoms with Gasteiger partial charge in [-0.3, -0.25) is 0 Å². The van der Waals surface area contributed by atoms with E-state index in [2.05, 4.69) is 62.6 Å². The number of amides is 1. The van der Waals surface area contributed by atoms with E-state index in [4.69, 9.17) is 14.5 Å². The highest BCUT2D eigenvalue weighted by molar-refractivity contribution is 5.80. The van der Waals surface area contributed by atoms with Gasteiger partial charge in [-0.1, -0.05) is 24.3 Å². The maximum Gasteiger partial charge on any atom is 0.409 e. The number of carbonyl (C=O) groups excluding carboxylic acids is 1. The molecule has 0 aliphatic carbocycles. The number of guanidine groups is 1. The number of hydrogen-bond acceptors (Lipinski definition) is 4. The van der Waals surface area contributed by atoms with Crippen molar-refractivity contribution in [2.24, 2.45) is 4.99 Å². The van der Waals surface area contributed by atoms with E-state index in [0.717, 1.165) is 36.5 Å². The molecule has 1 aromatic carbocycles. The molecule has 168 valence electrons. The fraction of sp³-hybridized carbons (Fsp3) is 0.652. The molecule has 2 rings (SSSR count). The Hall–Kier alpha value is -2.28. The molecule has 7 nitrogen and oxygen atoms in total. The highest BCUT2D eigenvalue weighted by Crippen LogP contribution is 2.14. The van der Waals surface area contributed by atoms with E-state index in [1.807, 2.05) is 6.92 Å². The van der Waals surface area contributed by atoms with Gasteiger partial charge in [-0.25, -0.2) is 9.79 Å². The minimum Gasteiger partial charge on any atom is -0.450 e. The molecule has 7 heteroatoms. The van der Waals surface area contributed by atoms with Crippen molar-refractivity contribution >= 4 is 12.1 Å². The fourth-order valence-corrected chi connectivity index (χ4v) is 3.22. The van der Waals surface area contributed by atoms with E-state index in [-0.39, 0.29) is 11.7 Å². The second kappa shape index (κ2) is 11.8. The van der Waals surface area contributed by atoms with Crippen molar-refractivity contribution in [3.05, 3.63) is 35.4 Å². The van der Waals surface area contributed by atoms with E-state index < -0.39 is 0 Å². The van der Waals surface area contributed by atoms with Gasteiger partial charge in [-0.15, -0.1) is 0 Å². The third kappa shape index (κ3) is 8.61. The van der Waals surface area contributed by atoms with Crippen molar-refractivity contribution < 1.29 is 14.3 Å². The zero-order valence-corrected chi connectivity index (χ0v) is 19.2. The van der Waals surface area contributed by atoms with E-state index in [9.17, 15) is 4.79 Å². The summed E-state index contributed by atoms with van der Waals surface area (Å²) in [6.45, 7) is 13.9. The molecule has 1 fully saturated rings. The SMILES string of the molecule is CCNC(=NCc1cccc(COC(C)(C)C)c1)NC1CCN(C(=O)OCC)CC1. The predicted octanol–water partition coefficient (Wildman–Crippen LogP) is 3.68. The van der Waals surface area contributed by atoms with Gasteiger partial charge in [0, 0.05) is 25.7 Å². The van der Waals surface area contributed by atoms with Gasteiger partial charge in [-0.05, 0) is 58.6 Å². The lowest BCUT2D eigenvalue weighted by Crippen LogP contribution is -2.49. The fourth-order valence-electron chi connectivity index (χ4n) is 3.22. The molecule has 1 amide bonds. The molecular weight excluding hydrogens is 380 g/mol. The van der Waals surface area contributed by atoms with Crippen LogP contribution in [-0.4, -0.2) is 54.8 Å². The van der Waals surface area contributed by atoms with Gasteiger partial charge < -0.3 is 25.0 Å². The number of ether oxygens (including phenoxy) is 2. The molecule has 1 aromatic rings. The van der Waals surface area contributed by atoms with Crippen LogP contribution in [0.2, 0.25) is 0 Å². The third-order valence-electron chi connectivity index (χ3n) is 4.79. The molecule has 0 atom stereocenters. The Kier molecular flexibility index (Phi) is 9.43. The second-order valence-corrected chi connectivity index (χ2v) is 8.52. The van der Waals surface area contributed by atoms with Gasteiger partial charge >= 0.3 is 6.09 Å². The summed E-state index contributed by atoms with van der Waals surface area (Å²) in [5.74, 6) is 0.809. The summed E-state index contributed by atoms with van der Waals surface area (Å²) in [4.78, 5) is 18.4. The van der Waals surface area contributed by atoms with Crippen LogP contribution < -0.4 is 10.6 Å². The first kappa shape index (κ1) is 24.0. The molecule has 1 aliphatic heterocycles. The molecule has 0 saturated carbocycles. The van der Waals surface area contributed by atoms with Crippen molar-refractivity contribution in [1.29, 1.82) is 0 Å². The Bertz CT molecular complexity index is 692. The standard InChI is InChI=1S/C23H38N4O3/c1-6-24-21(26-20-11-13-27(14-12-20)22(28)29-7-2)25-16-18-9-8-10-19(15-18)17-30-23(3,4)5/h8-10,15,20H,6-7,11-14,16-17H2,1-5H3,(H2,24,25,26). The molecule has 1 heterocycles. The largest absolute Gasteiger partial charge is 0.450 e. The van der Waals surface area contributed by atoms with E-state index in [1.54, 1.807) is 4.90 Å². The van der Waals surface area contributed by atoms with E-state index in [1.165, 1.54) is 0 Å². The lowest BCUT2D eigenvalue weighted by atomic mass is 10.1. The average Bonchev–Trinajstić information content (AvgIpc) is 2.71. The molecule has 2 N–H and O–H groups in total. The minimum atomic E-state index is -0.216. The van der Waals surface area contributed by atoms with Gasteiger partial charge in [-0.2, -0.15) is 0 Å². The Morgan fingerprint density at radius 3 is 2.53 bits per heavy atom. The summed E-state index contributed by atoms with van der Waals surface area (Å²) in [6.07, 6.45) is 1.54. The third-order valence-corrected chi connectivity index (χ3v) is 4.79. The van der Waals surface area contributed by atoms with Crippen LogP contribution in [0, 0.1) is 0 Å². The van der Waals surface area contributed by atoms with E-state index >= 15 is 0 Å². The van der Waals surface area contributed by atoms with Crippen LogP contribution in [0.15, 0.2) is 29.3 Å². The van der Waals surface area contributed by atoms with Crippen molar-refractivity contribution in [3.63, 3.8) is 0 Å². The molecule has 0 aromatic heterocycles. The summed E-state index contributed by atoms with van der Waals surface area (Å²) in [6, 6.07) is 8.67. The number of hydrogen-bond donors (Lipinski definition) is 2. The maximum absolute atomic E-state index is 11.9. The summed E-state index contributed by atoms with van der Waals surface area (Å²) in [7, 11) is 0. The molecular formula is C23H38N4O3. The summed E-state index contributed by atoms with van der Waals surface area (Å²) in [5, 5.41) is 6.84. The predicted molar refractivity (Wildman–Crippen MR) is 121 cm³/mol. The summed E-state index contributed by atoms with van der Waals surface area (Å²) in [5.41, 5.74) is 2.15. The first-order chi connectivity index (χ1) is 14.3. The number of piperidine rings is 1. The van der Waals surface area contributed by atoms with Gasteiger partial charge in [0.15, 0.2) is 5.96 Å².